The first-order chi connectivity index (χ1) is 10.9. The smallest absolute Gasteiger partial charge is 0.119 e. The zero-order chi connectivity index (χ0) is 15.0. The van der Waals surface area contributed by atoms with Gasteiger partial charge in [-0.25, -0.2) is 0 Å². The van der Waals surface area contributed by atoms with Gasteiger partial charge in [-0.2, -0.15) is 11.3 Å². The summed E-state index contributed by atoms with van der Waals surface area (Å²) in [6, 6.07) is 12.7. The molecule has 0 spiro atoms. The van der Waals surface area contributed by atoms with Gasteiger partial charge in [0.05, 0.1) is 13.2 Å². The van der Waals surface area contributed by atoms with E-state index in [4.69, 9.17) is 9.47 Å². The van der Waals surface area contributed by atoms with Crippen LogP contribution in [-0.2, 0) is 4.74 Å². The Labute approximate surface area is 136 Å². The van der Waals surface area contributed by atoms with Crippen LogP contribution in [0.4, 0.5) is 0 Å². The van der Waals surface area contributed by atoms with E-state index in [2.05, 4.69) is 21.7 Å². The lowest BCUT2D eigenvalue weighted by Crippen LogP contribution is -2.27. The third-order valence-corrected chi connectivity index (χ3v) is 4.76. The van der Waals surface area contributed by atoms with E-state index in [-0.39, 0.29) is 0 Å². The first-order valence-electron chi connectivity index (χ1n) is 7.95. The van der Waals surface area contributed by atoms with Gasteiger partial charge in [0.15, 0.2) is 0 Å². The Morgan fingerprint density at radius 2 is 2.00 bits per heavy atom. The molecule has 1 saturated heterocycles. The number of benzene rings is 1. The second-order valence-corrected chi connectivity index (χ2v) is 6.30. The lowest BCUT2D eigenvalue weighted by atomic mass is 10.1. The van der Waals surface area contributed by atoms with Crippen LogP contribution >= 0.6 is 11.3 Å². The van der Waals surface area contributed by atoms with Crippen molar-refractivity contribution in [2.24, 2.45) is 0 Å². The van der Waals surface area contributed by atoms with E-state index in [1.54, 1.807) is 11.3 Å². The Kier molecular flexibility index (Phi) is 5.87. The van der Waals surface area contributed by atoms with Crippen molar-refractivity contribution < 1.29 is 9.47 Å². The van der Waals surface area contributed by atoms with E-state index >= 15 is 0 Å². The number of likely N-dealkylation sites (tertiary alicyclic amines) is 1. The van der Waals surface area contributed by atoms with Crippen molar-refractivity contribution in [2.75, 3.05) is 32.9 Å². The van der Waals surface area contributed by atoms with Crippen molar-refractivity contribution in [3.8, 4) is 5.75 Å². The van der Waals surface area contributed by atoms with E-state index in [9.17, 15) is 0 Å². The number of hydrogen-bond acceptors (Lipinski definition) is 4. The van der Waals surface area contributed by atoms with Crippen molar-refractivity contribution in [3.63, 3.8) is 0 Å². The minimum absolute atomic E-state index is 0.593. The number of rotatable bonds is 8. The minimum Gasteiger partial charge on any atom is -0.491 e. The minimum atomic E-state index is 0.593. The second-order valence-electron chi connectivity index (χ2n) is 5.52. The van der Waals surface area contributed by atoms with Gasteiger partial charge in [-0.1, -0.05) is 18.2 Å². The molecule has 118 valence electrons. The molecular weight excluding hydrogens is 294 g/mol. The fourth-order valence-corrected chi connectivity index (χ4v) is 3.66. The summed E-state index contributed by atoms with van der Waals surface area (Å²) in [5, 5.41) is 4.45. The summed E-state index contributed by atoms with van der Waals surface area (Å²) in [4.78, 5) is 2.54. The number of para-hydroxylation sites is 1. The molecule has 4 heteroatoms. The molecule has 0 amide bonds. The van der Waals surface area contributed by atoms with Gasteiger partial charge < -0.3 is 9.47 Å². The summed E-state index contributed by atoms with van der Waals surface area (Å²) in [6.07, 6.45) is 2.56. The fourth-order valence-electron chi connectivity index (χ4n) is 2.95. The summed E-state index contributed by atoms with van der Waals surface area (Å²) < 4.78 is 11.3. The van der Waals surface area contributed by atoms with Crippen LogP contribution < -0.4 is 4.74 Å². The highest BCUT2D eigenvalue weighted by Gasteiger charge is 2.25. The van der Waals surface area contributed by atoms with E-state index in [1.165, 1.54) is 24.9 Å². The number of nitrogens with zero attached hydrogens (tertiary/aromatic N) is 1. The topological polar surface area (TPSA) is 21.7 Å². The van der Waals surface area contributed by atoms with Crippen LogP contribution in [0, 0.1) is 0 Å². The second kappa shape index (κ2) is 8.32. The maximum Gasteiger partial charge on any atom is 0.119 e. The molecule has 1 fully saturated rings. The van der Waals surface area contributed by atoms with Crippen LogP contribution in [0.1, 0.15) is 24.4 Å². The van der Waals surface area contributed by atoms with Gasteiger partial charge in [0.25, 0.3) is 0 Å². The van der Waals surface area contributed by atoms with Crippen LogP contribution in [0.2, 0.25) is 0 Å². The van der Waals surface area contributed by atoms with E-state index in [0.717, 1.165) is 18.9 Å². The van der Waals surface area contributed by atoms with Crippen LogP contribution in [0.5, 0.6) is 5.75 Å². The van der Waals surface area contributed by atoms with Crippen molar-refractivity contribution >= 4 is 11.3 Å². The third kappa shape index (κ3) is 4.32. The molecular formula is C18H23NO2S. The van der Waals surface area contributed by atoms with Crippen molar-refractivity contribution in [3.05, 3.63) is 52.7 Å². The van der Waals surface area contributed by atoms with Gasteiger partial charge in [-0.15, -0.1) is 0 Å². The molecule has 0 radical (unpaired) electrons. The third-order valence-electron chi connectivity index (χ3n) is 4.05. The zero-order valence-corrected chi connectivity index (χ0v) is 13.6. The molecule has 0 bridgehead atoms. The van der Waals surface area contributed by atoms with Crippen LogP contribution in [0.25, 0.3) is 0 Å². The molecule has 0 saturated carbocycles. The predicted molar refractivity (Wildman–Crippen MR) is 90.6 cm³/mol. The van der Waals surface area contributed by atoms with Gasteiger partial charge in [0.2, 0.25) is 0 Å². The highest BCUT2D eigenvalue weighted by molar-refractivity contribution is 7.07. The van der Waals surface area contributed by atoms with Gasteiger partial charge in [-0.05, 0) is 53.9 Å². The summed E-state index contributed by atoms with van der Waals surface area (Å²) in [5.41, 5.74) is 1.47. The highest BCUT2D eigenvalue weighted by Crippen LogP contribution is 2.32. The first kappa shape index (κ1) is 15.5. The first-order valence-corrected chi connectivity index (χ1v) is 8.89. The largest absolute Gasteiger partial charge is 0.491 e. The lowest BCUT2D eigenvalue weighted by molar-refractivity contribution is 0.0767. The summed E-state index contributed by atoms with van der Waals surface area (Å²) >= 11 is 1.79. The van der Waals surface area contributed by atoms with Crippen molar-refractivity contribution in [2.45, 2.75) is 18.9 Å². The Morgan fingerprint density at radius 3 is 2.82 bits per heavy atom. The fraction of sp³-hybridized carbons (Fsp3) is 0.444. The number of ether oxygens (including phenoxy) is 2. The SMILES string of the molecule is c1ccc(OCCOCCN2CCCC2c2ccsc2)cc1. The molecule has 1 atom stereocenters. The van der Waals surface area contributed by atoms with E-state index in [0.29, 0.717) is 19.3 Å². The molecule has 0 aliphatic carbocycles. The predicted octanol–water partition coefficient (Wildman–Crippen LogP) is 3.98. The Morgan fingerprint density at radius 1 is 1.09 bits per heavy atom. The molecule has 2 aromatic rings. The molecule has 1 aliphatic heterocycles. The lowest BCUT2D eigenvalue weighted by Gasteiger charge is -2.23. The standard InChI is InChI=1S/C18H23NO2S/c1-2-5-17(6-3-1)21-13-12-20-11-10-19-9-4-7-18(19)16-8-14-22-15-16/h1-3,5-6,8,14-15,18H,4,7,9-13H2. The van der Waals surface area contributed by atoms with Crippen molar-refractivity contribution in [1.29, 1.82) is 0 Å². The summed E-state index contributed by atoms with van der Waals surface area (Å²) in [7, 11) is 0. The monoisotopic (exact) mass is 317 g/mol. The number of hydrogen-bond donors (Lipinski definition) is 0. The molecule has 1 aromatic carbocycles. The van der Waals surface area contributed by atoms with E-state index in [1.807, 2.05) is 30.3 Å². The van der Waals surface area contributed by atoms with Gasteiger partial charge in [0, 0.05) is 12.6 Å². The maximum absolute atomic E-state index is 5.72. The Hall–Kier alpha value is -1.36. The molecule has 3 rings (SSSR count). The quantitative estimate of drug-likeness (QED) is 0.687. The van der Waals surface area contributed by atoms with Crippen LogP contribution in [-0.4, -0.2) is 37.8 Å². The maximum atomic E-state index is 5.72. The highest BCUT2D eigenvalue weighted by atomic mass is 32.1. The van der Waals surface area contributed by atoms with Crippen LogP contribution in [0.3, 0.4) is 0 Å². The molecule has 2 heterocycles. The average molecular weight is 317 g/mol. The normalized spacial score (nSPS) is 18.6. The van der Waals surface area contributed by atoms with Crippen molar-refractivity contribution in [1.82, 2.24) is 4.90 Å². The van der Waals surface area contributed by atoms with E-state index < -0.39 is 0 Å². The Bertz CT molecular complexity index is 529. The number of thiophene rings is 1. The molecule has 0 N–H and O–H groups in total. The van der Waals surface area contributed by atoms with Gasteiger partial charge >= 0.3 is 0 Å². The molecule has 1 aliphatic rings. The zero-order valence-electron chi connectivity index (χ0n) is 12.8. The van der Waals surface area contributed by atoms with Gasteiger partial charge in [0.1, 0.15) is 12.4 Å². The summed E-state index contributed by atoms with van der Waals surface area (Å²) in [5.74, 6) is 0.906. The average Bonchev–Trinajstić information content (AvgIpc) is 3.22. The Balaban J connectivity index is 1.31. The summed E-state index contributed by atoms with van der Waals surface area (Å²) in [6.45, 7) is 4.22. The van der Waals surface area contributed by atoms with Gasteiger partial charge in [-0.3, -0.25) is 4.90 Å². The van der Waals surface area contributed by atoms with Crippen LogP contribution in [0.15, 0.2) is 47.2 Å². The molecule has 3 nitrogen and oxygen atoms in total. The molecule has 1 unspecified atom stereocenters. The molecule has 1 aromatic heterocycles. The molecule has 22 heavy (non-hydrogen) atoms.